The van der Waals surface area contributed by atoms with E-state index in [0.717, 1.165) is 19.4 Å². The number of carboxylic acids is 1. The van der Waals surface area contributed by atoms with Crippen molar-refractivity contribution in [1.82, 2.24) is 10.2 Å². The Bertz CT molecular complexity index is 301. The molecule has 1 unspecified atom stereocenters. The maximum absolute atomic E-state index is 11.2. The summed E-state index contributed by atoms with van der Waals surface area (Å²) >= 11 is 0. The van der Waals surface area contributed by atoms with Gasteiger partial charge >= 0.3 is 5.97 Å². The van der Waals surface area contributed by atoms with E-state index in [1.54, 1.807) is 0 Å². The van der Waals surface area contributed by atoms with Crippen LogP contribution in [0.1, 0.15) is 26.2 Å². The molecule has 1 saturated heterocycles. The minimum Gasteiger partial charge on any atom is -0.479 e. The highest BCUT2D eigenvalue weighted by atomic mass is 16.4. The van der Waals surface area contributed by atoms with Gasteiger partial charge in [-0.1, -0.05) is 0 Å². The monoisotopic (exact) mass is 212 g/mol. The molecule has 1 heterocycles. The van der Waals surface area contributed by atoms with Crippen LogP contribution >= 0.6 is 0 Å². The molecular formula is C10H16N2O3. The summed E-state index contributed by atoms with van der Waals surface area (Å²) in [6, 6.07) is 0.556. The van der Waals surface area contributed by atoms with E-state index in [1.165, 1.54) is 6.92 Å². The first-order chi connectivity index (χ1) is 7.03. The fraction of sp³-hybridized carbons (Fsp3) is 0.800. The number of nitrogens with one attached hydrogen (secondary N) is 1. The van der Waals surface area contributed by atoms with Gasteiger partial charge in [-0.3, -0.25) is 9.69 Å². The fourth-order valence-corrected chi connectivity index (χ4v) is 2.26. The molecule has 0 aromatic carbocycles. The lowest BCUT2D eigenvalue weighted by Crippen LogP contribution is -2.55. The van der Waals surface area contributed by atoms with E-state index in [2.05, 4.69) is 10.2 Å². The molecule has 0 aromatic heterocycles. The smallest absolute Gasteiger partial charge is 0.330 e. The van der Waals surface area contributed by atoms with Gasteiger partial charge in [0.1, 0.15) is 0 Å². The van der Waals surface area contributed by atoms with Crippen molar-refractivity contribution in [2.75, 3.05) is 13.1 Å². The Morgan fingerprint density at radius 2 is 2.13 bits per heavy atom. The van der Waals surface area contributed by atoms with Crippen molar-refractivity contribution in [3.05, 3.63) is 0 Å². The van der Waals surface area contributed by atoms with Crippen molar-refractivity contribution >= 4 is 11.9 Å². The molecule has 1 saturated carbocycles. The number of carbonyl (C=O) groups excluding carboxylic acids is 1. The minimum atomic E-state index is -1.05. The Balaban J connectivity index is 2.07. The quantitative estimate of drug-likeness (QED) is 0.680. The molecular weight excluding hydrogens is 196 g/mol. The largest absolute Gasteiger partial charge is 0.479 e. The van der Waals surface area contributed by atoms with Gasteiger partial charge in [-0.25, -0.2) is 4.79 Å². The Kier molecular flexibility index (Phi) is 2.42. The molecule has 1 atom stereocenters. The summed E-state index contributed by atoms with van der Waals surface area (Å²) in [5, 5.41) is 11.8. The number of carbonyl (C=O) groups is 2. The number of carboxylic acid groups (broad SMARTS) is 1. The van der Waals surface area contributed by atoms with Crippen molar-refractivity contribution in [3.63, 3.8) is 0 Å². The first-order valence-corrected chi connectivity index (χ1v) is 5.30. The number of nitrogens with zero attached hydrogens (tertiary/aromatic N) is 1. The van der Waals surface area contributed by atoms with Crippen molar-refractivity contribution in [3.8, 4) is 0 Å². The number of aliphatic carboxylic acids is 1. The van der Waals surface area contributed by atoms with Crippen LogP contribution in [0.5, 0.6) is 0 Å². The van der Waals surface area contributed by atoms with Gasteiger partial charge in [-0.05, 0) is 19.3 Å². The van der Waals surface area contributed by atoms with Gasteiger partial charge in [0.05, 0.1) is 0 Å². The van der Waals surface area contributed by atoms with E-state index in [0.29, 0.717) is 19.0 Å². The predicted octanol–water partition coefficient (Wildman–Crippen LogP) is -0.186. The highest BCUT2D eigenvalue weighted by molar-refractivity contribution is 5.86. The molecule has 2 aliphatic rings. The molecule has 0 bridgehead atoms. The molecule has 0 spiro atoms. The van der Waals surface area contributed by atoms with Gasteiger partial charge in [-0.2, -0.15) is 0 Å². The topological polar surface area (TPSA) is 69.6 Å². The van der Waals surface area contributed by atoms with Crippen LogP contribution in [-0.4, -0.2) is 46.6 Å². The lowest BCUT2D eigenvalue weighted by atomic mass is 9.99. The summed E-state index contributed by atoms with van der Waals surface area (Å²) in [6.07, 6.45) is 2.84. The third kappa shape index (κ3) is 1.97. The molecule has 84 valence electrons. The van der Waals surface area contributed by atoms with Crippen LogP contribution in [0, 0.1) is 0 Å². The van der Waals surface area contributed by atoms with Gasteiger partial charge in [0.25, 0.3) is 0 Å². The Labute approximate surface area is 88.4 Å². The lowest BCUT2D eigenvalue weighted by Gasteiger charge is -2.25. The number of hydrogen-bond donors (Lipinski definition) is 2. The second-order valence-electron chi connectivity index (χ2n) is 4.52. The third-order valence-electron chi connectivity index (χ3n) is 3.19. The first kappa shape index (κ1) is 10.4. The summed E-state index contributed by atoms with van der Waals surface area (Å²) in [5.41, 5.74) is -1.05. The highest BCUT2D eigenvalue weighted by Crippen LogP contribution is 2.33. The summed E-state index contributed by atoms with van der Waals surface area (Å²) in [5.74, 6) is -1.18. The molecule has 5 heteroatoms. The van der Waals surface area contributed by atoms with E-state index in [4.69, 9.17) is 0 Å². The molecule has 1 amide bonds. The minimum absolute atomic E-state index is 0.268. The maximum Gasteiger partial charge on any atom is 0.330 e. The second kappa shape index (κ2) is 3.48. The van der Waals surface area contributed by atoms with Crippen molar-refractivity contribution in [2.24, 2.45) is 0 Å². The number of hydrogen-bond acceptors (Lipinski definition) is 3. The van der Waals surface area contributed by atoms with Crippen molar-refractivity contribution < 1.29 is 14.7 Å². The van der Waals surface area contributed by atoms with E-state index in [1.807, 2.05) is 0 Å². The Morgan fingerprint density at radius 1 is 1.47 bits per heavy atom. The van der Waals surface area contributed by atoms with Crippen LogP contribution in [0.4, 0.5) is 0 Å². The van der Waals surface area contributed by atoms with Gasteiger partial charge < -0.3 is 10.4 Å². The van der Waals surface area contributed by atoms with Crippen LogP contribution in [0.25, 0.3) is 0 Å². The van der Waals surface area contributed by atoms with Gasteiger partial charge in [-0.15, -0.1) is 0 Å². The van der Waals surface area contributed by atoms with Gasteiger partial charge in [0, 0.05) is 26.1 Å². The highest BCUT2D eigenvalue weighted by Gasteiger charge is 2.48. The number of rotatable bonds is 3. The van der Waals surface area contributed by atoms with Crippen molar-refractivity contribution in [1.29, 1.82) is 0 Å². The summed E-state index contributed by atoms with van der Waals surface area (Å²) in [4.78, 5) is 24.4. The zero-order valence-corrected chi connectivity index (χ0v) is 8.82. The van der Waals surface area contributed by atoms with Gasteiger partial charge in [0.15, 0.2) is 5.54 Å². The van der Waals surface area contributed by atoms with Crippen LogP contribution in [0.2, 0.25) is 0 Å². The summed E-state index contributed by atoms with van der Waals surface area (Å²) < 4.78 is 0. The molecule has 2 N–H and O–H groups in total. The Morgan fingerprint density at radius 3 is 2.60 bits per heavy atom. The summed E-state index contributed by atoms with van der Waals surface area (Å²) in [7, 11) is 0. The Hall–Kier alpha value is -1.10. The van der Waals surface area contributed by atoms with Crippen molar-refractivity contribution in [2.45, 2.75) is 37.8 Å². The fourth-order valence-electron chi connectivity index (χ4n) is 2.26. The zero-order valence-electron chi connectivity index (χ0n) is 8.82. The maximum atomic E-state index is 11.2. The number of likely N-dealkylation sites (tertiary alicyclic amines) is 1. The van der Waals surface area contributed by atoms with Crippen LogP contribution in [0.3, 0.4) is 0 Å². The summed E-state index contributed by atoms with van der Waals surface area (Å²) in [6.45, 7) is 2.59. The molecule has 2 rings (SSSR count). The van der Waals surface area contributed by atoms with E-state index >= 15 is 0 Å². The molecule has 1 aliphatic carbocycles. The van der Waals surface area contributed by atoms with E-state index in [-0.39, 0.29) is 5.91 Å². The molecule has 0 radical (unpaired) electrons. The van der Waals surface area contributed by atoms with Gasteiger partial charge in [0.2, 0.25) is 5.91 Å². The first-order valence-electron chi connectivity index (χ1n) is 5.30. The number of amides is 1. The molecule has 0 aromatic rings. The third-order valence-corrected chi connectivity index (χ3v) is 3.19. The average Bonchev–Trinajstić information content (AvgIpc) is 2.88. The van der Waals surface area contributed by atoms with E-state index in [9.17, 15) is 14.7 Å². The lowest BCUT2D eigenvalue weighted by molar-refractivity contribution is -0.146. The molecule has 2 fully saturated rings. The normalized spacial score (nSPS) is 31.5. The van der Waals surface area contributed by atoms with Crippen LogP contribution in [0.15, 0.2) is 0 Å². The molecule has 5 nitrogen and oxygen atoms in total. The zero-order chi connectivity index (χ0) is 11.1. The predicted molar refractivity (Wildman–Crippen MR) is 53.4 cm³/mol. The van der Waals surface area contributed by atoms with E-state index < -0.39 is 11.5 Å². The standard InChI is InChI=1S/C10H16N2O3/c1-7(13)11-10(9(14)15)4-5-12(6-10)8-2-3-8/h8H,2-6H2,1H3,(H,11,13)(H,14,15). The SMILES string of the molecule is CC(=O)NC1(C(=O)O)CCN(C2CC2)C1. The van der Waals surface area contributed by atoms with Crippen LogP contribution < -0.4 is 5.32 Å². The van der Waals surface area contributed by atoms with Crippen LogP contribution in [-0.2, 0) is 9.59 Å². The molecule has 1 aliphatic heterocycles. The average molecular weight is 212 g/mol. The molecule has 15 heavy (non-hydrogen) atoms. The second-order valence-corrected chi connectivity index (χ2v) is 4.52.